The van der Waals surface area contributed by atoms with Crippen LogP contribution in [0.5, 0.6) is 0 Å². The van der Waals surface area contributed by atoms with E-state index in [1.807, 2.05) is 6.92 Å². The third-order valence-electron chi connectivity index (χ3n) is 3.41. The summed E-state index contributed by atoms with van der Waals surface area (Å²) in [6.45, 7) is 4.13. The van der Waals surface area contributed by atoms with E-state index in [1.54, 1.807) is 0 Å². The van der Waals surface area contributed by atoms with Gasteiger partial charge in [0.2, 0.25) is 0 Å². The molecule has 0 aliphatic heterocycles. The summed E-state index contributed by atoms with van der Waals surface area (Å²) in [6, 6.07) is 6.47. The van der Waals surface area contributed by atoms with Gasteiger partial charge in [-0.2, -0.15) is 0 Å². The molecule has 0 bridgehead atoms. The summed E-state index contributed by atoms with van der Waals surface area (Å²) in [5.41, 5.74) is 7.20. The fraction of sp³-hybridized carbons (Fsp3) is 0.267. The van der Waals surface area contributed by atoms with Crippen LogP contribution in [0.4, 0.5) is 0 Å². The summed E-state index contributed by atoms with van der Waals surface area (Å²) in [6.07, 6.45) is 3.61. The largest absolute Gasteiger partial charge is 0.294 e. The Morgan fingerprint density at radius 2 is 1.94 bits per heavy atom. The molecule has 0 saturated carbocycles. The Morgan fingerprint density at radius 1 is 1.12 bits per heavy atom. The van der Waals surface area contributed by atoms with Gasteiger partial charge in [0.15, 0.2) is 5.78 Å². The van der Waals surface area contributed by atoms with Crippen LogP contribution in [0.1, 0.15) is 30.0 Å². The van der Waals surface area contributed by atoms with E-state index in [2.05, 4.69) is 31.2 Å². The second-order valence-electron chi connectivity index (χ2n) is 4.82. The highest BCUT2D eigenvalue weighted by atomic mass is 16.1. The van der Waals surface area contributed by atoms with Gasteiger partial charge in [0.05, 0.1) is 0 Å². The second-order valence-corrected chi connectivity index (χ2v) is 4.82. The zero-order chi connectivity index (χ0) is 11.3. The van der Waals surface area contributed by atoms with E-state index in [1.165, 1.54) is 27.8 Å². The van der Waals surface area contributed by atoms with E-state index in [0.29, 0.717) is 12.2 Å². The number of rotatable bonds is 0. The minimum absolute atomic E-state index is 0.309. The second kappa shape index (κ2) is 3.18. The van der Waals surface area contributed by atoms with Crippen molar-refractivity contribution in [1.29, 1.82) is 0 Å². The Morgan fingerprint density at radius 3 is 2.75 bits per heavy atom. The van der Waals surface area contributed by atoms with Gasteiger partial charge in [-0.25, -0.2) is 0 Å². The molecule has 80 valence electrons. The maximum absolute atomic E-state index is 11.9. The van der Waals surface area contributed by atoms with Gasteiger partial charge >= 0.3 is 0 Å². The first-order valence-electron chi connectivity index (χ1n) is 5.68. The minimum Gasteiger partial charge on any atom is -0.294 e. The fourth-order valence-corrected chi connectivity index (χ4v) is 2.61. The molecule has 0 fully saturated rings. The number of allylic oxidation sites excluding steroid dienone is 4. The molecule has 2 aliphatic rings. The molecule has 0 radical (unpaired) electrons. The lowest BCUT2D eigenvalue weighted by molar-refractivity contribution is -0.115. The maximum atomic E-state index is 11.9. The van der Waals surface area contributed by atoms with Gasteiger partial charge in [0, 0.05) is 18.4 Å². The van der Waals surface area contributed by atoms with Crippen LogP contribution in [0.15, 0.2) is 35.4 Å². The van der Waals surface area contributed by atoms with Crippen molar-refractivity contribution in [1.82, 2.24) is 0 Å². The number of benzene rings is 1. The molecular formula is C15H14O. The summed E-state index contributed by atoms with van der Waals surface area (Å²) in [4.78, 5) is 11.9. The van der Waals surface area contributed by atoms with Crippen LogP contribution in [0.25, 0.3) is 5.57 Å². The molecule has 0 N–H and O–H groups in total. The van der Waals surface area contributed by atoms with Crippen molar-refractivity contribution in [2.45, 2.75) is 26.7 Å². The van der Waals surface area contributed by atoms with Crippen LogP contribution in [-0.2, 0) is 11.2 Å². The van der Waals surface area contributed by atoms with E-state index in [9.17, 15) is 4.79 Å². The van der Waals surface area contributed by atoms with Gasteiger partial charge in [-0.3, -0.25) is 4.79 Å². The van der Waals surface area contributed by atoms with Crippen molar-refractivity contribution in [2.24, 2.45) is 0 Å². The Hall–Kier alpha value is -1.63. The number of carbonyl (C=O) groups is 1. The van der Waals surface area contributed by atoms with Crippen LogP contribution in [0.2, 0.25) is 0 Å². The SMILES string of the molecule is CC1=CC2=C(Cc3ccc(C)cc32)C(=O)C1. The van der Waals surface area contributed by atoms with Crippen molar-refractivity contribution in [3.63, 3.8) is 0 Å². The summed E-state index contributed by atoms with van der Waals surface area (Å²) in [7, 11) is 0. The Kier molecular flexibility index (Phi) is 1.90. The molecule has 0 unspecified atom stereocenters. The monoisotopic (exact) mass is 210 g/mol. The fourth-order valence-electron chi connectivity index (χ4n) is 2.61. The number of fused-ring (bicyclic) bond motifs is 2. The zero-order valence-electron chi connectivity index (χ0n) is 9.63. The van der Waals surface area contributed by atoms with Crippen molar-refractivity contribution < 1.29 is 4.79 Å². The van der Waals surface area contributed by atoms with Crippen molar-refractivity contribution in [2.75, 3.05) is 0 Å². The minimum atomic E-state index is 0.309. The van der Waals surface area contributed by atoms with Crippen molar-refractivity contribution >= 4 is 11.4 Å². The molecule has 1 aromatic rings. The predicted octanol–water partition coefficient (Wildman–Crippen LogP) is 3.22. The molecule has 1 nitrogen and oxygen atoms in total. The predicted molar refractivity (Wildman–Crippen MR) is 65.2 cm³/mol. The summed E-state index contributed by atoms with van der Waals surface area (Å²) in [5, 5.41) is 0. The lowest BCUT2D eigenvalue weighted by Gasteiger charge is -2.11. The molecule has 0 heterocycles. The molecule has 0 aromatic heterocycles. The van der Waals surface area contributed by atoms with E-state index in [0.717, 1.165) is 12.0 Å². The number of carbonyl (C=O) groups excluding carboxylic acids is 1. The molecule has 0 amide bonds. The summed E-state index contributed by atoms with van der Waals surface area (Å²) < 4.78 is 0. The Labute approximate surface area is 95.5 Å². The van der Waals surface area contributed by atoms with Crippen LogP contribution >= 0.6 is 0 Å². The third-order valence-corrected chi connectivity index (χ3v) is 3.41. The molecule has 0 spiro atoms. The number of Topliss-reactive ketones (excluding diaryl/α,β-unsaturated/α-hetero) is 1. The van der Waals surface area contributed by atoms with Crippen LogP contribution < -0.4 is 0 Å². The Balaban J connectivity index is 2.21. The molecule has 0 saturated heterocycles. The van der Waals surface area contributed by atoms with Gasteiger partial charge in [0.25, 0.3) is 0 Å². The highest BCUT2D eigenvalue weighted by molar-refractivity contribution is 6.10. The Bertz CT molecular complexity index is 559. The van der Waals surface area contributed by atoms with Crippen LogP contribution in [-0.4, -0.2) is 5.78 Å². The average Bonchev–Trinajstić information content (AvgIpc) is 2.57. The van der Waals surface area contributed by atoms with E-state index >= 15 is 0 Å². The zero-order valence-corrected chi connectivity index (χ0v) is 9.63. The van der Waals surface area contributed by atoms with Gasteiger partial charge in [-0.05, 0) is 30.5 Å². The van der Waals surface area contributed by atoms with Crippen molar-refractivity contribution in [3.05, 3.63) is 52.1 Å². The lowest BCUT2D eigenvalue weighted by Crippen LogP contribution is -2.07. The van der Waals surface area contributed by atoms with Gasteiger partial charge in [-0.15, -0.1) is 0 Å². The van der Waals surface area contributed by atoms with E-state index in [4.69, 9.17) is 0 Å². The van der Waals surface area contributed by atoms with Crippen LogP contribution in [0, 0.1) is 6.92 Å². The third kappa shape index (κ3) is 1.28. The molecular weight excluding hydrogens is 196 g/mol. The van der Waals surface area contributed by atoms with Gasteiger partial charge in [0.1, 0.15) is 0 Å². The van der Waals surface area contributed by atoms with Gasteiger partial charge < -0.3 is 0 Å². The molecule has 16 heavy (non-hydrogen) atoms. The highest BCUT2D eigenvalue weighted by Gasteiger charge is 2.27. The maximum Gasteiger partial charge on any atom is 0.163 e. The summed E-state index contributed by atoms with van der Waals surface area (Å²) in [5.74, 6) is 0.309. The smallest absolute Gasteiger partial charge is 0.163 e. The average molecular weight is 210 g/mol. The molecule has 2 aliphatic carbocycles. The quantitative estimate of drug-likeness (QED) is 0.642. The topological polar surface area (TPSA) is 17.1 Å². The van der Waals surface area contributed by atoms with Crippen molar-refractivity contribution in [3.8, 4) is 0 Å². The number of hydrogen-bond acceptors (Lipinski definition) is 1. The standard InChI is InChI=1S/C15H14O/c1-9-3-4-11-8-14-13(12(11)5-9)6-10(2)7-15(14)16/h3-6H,7-8H2,1-2H3. The van der Waals surface area contributed by atoms with Gasteiger partial charge in [-0.1, -0.05) is 35.4 Å². The first-order chi connectivity index (χ1) is 7.65. The van der Waals surface area contributed by atoms with E-state index in [-0.39, 0.29) is 0 Å². The molecule has 0 atom stereocenters. The molecule has 1 aromatic carbocycles. The first kappa shape index (κ1) is 9.59. The summed E-state index contributed by atoms with van der Waals surface area (Å²) >= 11 is 0. The lowest BCUT2D eigenvalue weighted by atomic mass is 9.92. The number of hydrogen-bond donors (Lipinski definition) is 0. The number of ketones is 1. The normalized spacial score (nSPS) is 18.4. The molecule has 3 rings (SSSR count). The molecule has 1 heteroatoms. The van der Waals surface area contributed by atoms with E-state index < -0.39 is 0 Å². The highest BCUT2D eigenvalue weighted by Crippen LogP contribution is 2.38. The first-order valence-corrected chi connectivity index (χ1v) is 5.68. The number of aryl methyl sites for hydroxylation is 1. The van der Waals surface area contributed by atoms with Crippen LogP contribution in [0.3, 0.4) is 0 Å².